The van der Waals surface area contributed by atoms with Crippen molar-refractivity contribution in [1.29, 1.82) is 0 Å². The summed E-state index contributed by atoms with van der Waals surface area (Å²) >= 11 is 3.47. The third-order valence-corrected chi connectivity index (χ3v) is 3.93. The molecule has 0 aliphatic heterocycles. The number of aromatic nitrogens is 3. The second-order valence-electron chi connectivity index (χ2n) is 4.83. The van der Waals surface area contributed by atoms with Gasteiger partial charge in [0.2, 0.25) is 0 Å². The van der Waals surface area contributed by atoms with Crippen molar-refractivity contribution in [3.8, 4) is 5.75 Å². The third-order valence-electron chi connectivity index (χ3n) is 3.44. The number of methoxy groups -OCH3 is 1. The maximum Gasteiger partial charge on any atom is 0.138 e. The molecule has 0 saturated carbocycles. The molecular weight excluding hydrogens is 332 g/mol. The van der Waals surface area contributed by atoms with E-state index < -0.39 is 0 Å². The highest BCUT2D eigenvalue weighted by molar-refractivity contribution is 9.10. The number of aryl methyl sites for hydroxylation is 1. The predicted molar refractivity (Wildman–Crippen MR) is 86.5 cm³/mol. The molecule has 5 nitrogen and oxygen atoms in total. The molecule has 1 aromatic heterocycles. The summed E-state index contributed by atoms with van der Waals surface area (Å²) in [6.07, 6.45) is 3.44. The summed E-state index contributed by atoms with van der Waals surface area (Å²) in [6.45, 7) is 3.03. The first-order valence-electron chi connectivity index (χ1n) is 7.07. The summed E-state index contributed by atoms with van der Waals surface area (Å²) < 4.78 is 8.47. The summed E-state index contributed by atoms with van der Waals surface area (Å²) in [4.78, 5) is 4.38. The maximum atomic E-state index is 5.49. The molecule has 21 heavy (non-hydrogen) atoms. The van der Waals surface area contributed by atoms with Crippen LogP contribution in [0, 0.1) is 0 Å². The molecule has 1 unspecified atom stereocenters. The van der Waals surface area contributed by atoms with Crippen LogP contribution in [0.3, 0.4) is 0 Å². The van der Waals surface area contributed by atoms with E-state index >= 15 is 0 Å². The van der Waals surface area contributed by atoms with Crippen LogP contribution in [0.2, 0.25) is 0 Å². The van der Waals surface area contributed by atoms with E-state index in [9.17, 15) is 0 Å². The van der Waals surface area contributed by atoms with Crippen molar-refractivity contribution < 1.29 is 4.74 Å². The van der Waals surface area contributed by atoms with Crippen LogP contribution < -0.4 is 10.1 Å². The van der Waals surface area contributed by atoms with Crippen LogP contribution in [0.15, 0.2) is 29.0 Å². The van der Waals surface area contributed by atoms with Crippen molar-refractivity contribution in [3.05, 3.63) is 40.4 Å². The molecule has 2 rings (SSSR count). The van der Waals surface area contributed by atoms with Crippen LogP contribution in [0.4, 0.5) is 0 Å². The van der Waals surface area contributed by atoms with E-state index in [-0.39, 0.29) is 6.04 Å². The van der Waals surface area contributed by atoms with Crippen molar-refractivity contribution in [2.75, 3.05) is 14.2 Å². The zero-order valence-corrected chi connectivity index (χ0v) is 14.2. The lowest BCUT2D eigenvalue weighted by Crippen LogP contribution is -2.22. The fraction of sp³-hybridized carbons (Fsp3) is 0.467. The van der Waals surface area contributed by atoms with Gasteiger partial charge in [-0.1, -0.05) is 28.9 Å². The van der Waals surface area contributed by atoms with Gasteiger partial charge < -0.3 is 10.1 Å². The molecule has 0 aliphatic rings. The van der Waals surface area contributed by atoms with Crippen molar-refractivity contribution in [1.82, 2.24) is 20.1 Å². The van der Waals surface area contributed by atoms with Crippen LogP contribution in [-0.4, -0.2) is 28.9 Å². The van der Waals surface area contributed by atoms with Crippen molar-refractivity contribution in [2.24, 2.45) is 0 Å². The van der Waals surface area contributed by atoms with Gasteiger partial charge in [0.25, 0.3) is 0 Å². The van der Waals surface area contributed by atoms with Crippen molar-refractivity contribution >= 4 is 15.9 Å². The molecule has 0 aliphatic carbocycles. The first kappa shape index (κ1) is 16.0. The van der Waals surface area contributed by atoms with Crippen LogP contribution in [-0.2, 0) is 13.0 Å². The highest BCUT2D eigenvalue weighted by Gasteiger charge is 2.18. The van der Waals surface area contributed by atoms with Crippen LogP contribution in [0.5, 0.6) is 5.75 Å². The minimum Gasteiger partial charge on any atom is -0.496 e. The molecule has 2 aromatic rings. The van der Waals surface area contributed by atoms with E-state index in [1.807, 2.05) is 23.9 Å². The SMILES string of the molecule is CCCn1ncnc1CC(NC)c1ccc(Br)cc1OC. The molecule has 0 fully saturated rings. The molecule has 1 atom stereocenters. The van der Waals surface area contributed by atoms with Crippen LogP contribution >= 0.6 is 15.9 Å². The lowest BCUT2D eigenvalue weighted by atomic mass is 10.0. The van der Waals surface area contributed by atoms with Gasteiger partial charge in [-0.05, 0) is 25.6 Å². The van der Waals surface area contributed by atoms with Crippen molar-refractivity contribution in [3.63, 3.8) is 0 Å². The van der Waals surface area contributed by atoms with Gasteiger partial charge in [-0.15, -0.1) is 0 Å². The Morgan fingerprint density at radius 2 is 2.24 bits per heavy atom. The van der Waals surface area contributed by atoms with Crippen molar-refractivity contribution in [2.45, 2.75) is 32.4 Å². The average Bonchev–Trinajstić information content (AvgIpc) is 2.92. The van der Waals surface area contributed by atoms with Crippen LogP contribution in [0.25, 0.3) is 0 Å². The lowest BCUT2D eigenvalue weighted by molar-refractivity contribution is 0.399. The Morgan fingerprint density at radius 3 is 2.90 bits per heavy atom. The molecule has 114 valence electrons. The number of hydrogen-bond donors (Lipinski definition) is 1. The van der Waals surface area contributed by atoms with Gasteiger partial charge in [-0.3, -0.25) is 4.68 Å². The molecule has 0 radical (unpaired) electrons. The number of likely N-dealkylation sites (N-methyl/N-ethyl adjacent to an activating group) is 1. The number of nitrogens with one attached hydrogen (secondary N) is 1. The summed E-state index contributed by atoms with van der Waals surface area (Å²) in [5.41, 5.74) is 1.12. The summed E-state index contributed by atoms with van der Waals surface area (Å²) in [5.74, 6) is 1.85. The monoisotopic (exact) mass is 352 g/mol. The number of rotatable bonds is 7. The number of ether oxygens (including phenoxy) is 1. The van der Waals surface area contributed by atoms with Gasteiger partial charge in [0.05, 0.1) is 7.11 Å². The van der Waals surface area contributed by atoms with E-state index in [1.54, 1.807) is 13.4 Å². The van der Waals surface area contributed by atoms with Gasteiger partial charge in [-0.2, -0.15) is 5.10 Å². The van der Waals surface area contributed by atoms with E-state index in [0.29, 0.717) is 0 Å². The number of halogens is 1. The number of nitrogens with zero attached hydrogens (tertiary/aromatic N) is 3. The highest BCUT2D eigenvalue weighted by Crippen LogP contribution is 2.30. The molecular formula is C15H21BrN4O. The molecule has 0 amide bonds. The predicted octanol–water partition coefficient (Wildman–Crippen LogP) is 2.96. The Morgan fingerprint density at radius 1 is 1.43 bits per heavy atom. The second-order valence-corrected chi connectivity index (χ2v) is 5.75. The van der Waals surface area contributed by atoms with Gasteiger partial charge in [0, 0.05) is 29.0 Å². The Bertz CT molecular complexity index is 585. The first-order chi connectivity index (χ1) is 10.2. The van der Waals surface area contributed by atoms with E-state index in [0.717, 1.165) is 41.0 Å². The molecule has 1 aromatic carbocycles. The zero-order valence-electron chi connectivity index (χ0n) is 12.6. The normalized spacial score (nSPS) is 12.4. The zero-order chi connectivity index (χ0) is 15.2. The summed E-state index contributed by atoms with van der Waals surface area (Å²) in [7, 11) is 3.64. The smallest absolute Gasteiger partial charge is 0.138 e. The minimum atomic E-state index is 0.132. The maximum absolute atomic E-state index is 5.49. The Hall–Kier alpha value is -1.40. The topological polar surface area (TPSA) is 52.0 Å². The molecule has 0 bridgehead atoms. The quantitative estimate of drug-likeness (QED) is 0.832. The van der Waals surface area contributed by atoms with Gasteiger partial charge in [0.15, 0.2) is 0 Å². The minimum absolute atomic E-state index is 0.132. The van der Waals surface area contributed by atoms with E-state index in [1.165, 1.54) is 0 Å². The molecule has 0 saturated heterocycles. The third kappa shape index (κ3) is 3.83. The Kier molecular flexibility index (Phi) is 5.76. The lowest BCUT2D eigenvalue weighted by Gasteiger charge is -2.19. The largest absolute Gasteiger partial charge is 0.496 e. The number of hydrogen-bond acceptors (Lipinski definition) is 4. The standard InChI is InChI=1S/C15H21BrN4O/c1-4-7-20-15(18-10-19-20)9-13(17-2)12-6-5-11(16)8-14(12)21-3/h5-6,8,10,13,17H,4,7,9H2,1-3H3. The fourth-order valence-electron chi connectivity index (χ4n) is 2.37. The van der Waals surface area contributed by atoms with Gasteiger partial charge in [-0.25, -0.2) is 4.98 Å². The van der Waals surface area contributed by atoms with Gasteiger partial charge >= 0.3 is 0 Å². The van der Waals surface area contributed by atoms with Gasteiger partial charge in [0.1, 0.15) is 17.9 Å². The van der Waals surface area contributed by atoms with Crippen LogP contribution in [0.1, 0.15) is 30.8 Å². The summed E-state index contributed by atoms with van der Waals surface area (Å²) in [6, 6.07) is 6.22. The Balaban J connectivity index is 2.25. The second kappa shape index (κ2) is 7.56. The highest BCUT2D eigenvalue weighted by atomic mass is 79.9. The molecule has 0 spiro atoms. The van der Waals surface area contributed by atoms with E-state index in [4.69, 9.17) is 4.74 Å². The molecule has 1 heterocycles. The average molecular weight is 353 g/mol. The number of benzene rings is 1. The Labute approximate surface area is 133 Å². The van der Waals surface area contributed by atoms with E-state index in [2.05, 4.69) is 44.3 Å². The first-order valence-corrected chi connectivity index (χ1v) is 7.86. The summed E-state index contributed by atoms with van der Waals surface area (Å²) in [5, 5.41) is 7.63. The molecule has 6 heteroatoms. The fourth-order valence-corrected chi connectivity index (χ4v) is 2.71. The molecule has 1 N–H and O–H groups in total.